The molecule has 22 heavy (non-hydrogen) atoms. The summed E-state index contributed by atoms with van der Waals surface area (Å²) in [6, 6.07) is 7.08. The Balaban J connectivity index is 2.17. The first-order valence-electron chi connectivity index (χ1n) is 7.46. The molecule has 1 aromatic carbocycles. The van der Waals surface area contributed by atoms with E-state index in [4.69, 9.17) is 4.74 Å². The van der Waals surface area contributed by atoms with Gasteiger partial charge in [-0.25, -0.2) is 8.42 Å². The van der Waals surface area contributed by atoms with Crippen LogP contribution >= 0.6 is 0 Å². The molecule has 1 aliphatic rings. The highest BCUT2D eigenvalue weighted by molar-refractivity contribution is 7.91. The molecule has 0 radical (unpaired) electrons. The Morgan fingerprint density at radius 1 is 1.18 bits per heavy atom. The Labute approximate surface area is 132 Å². The van der Waals surface area contributed by atoms with E-state index in [1.807, 2.05) is 13.8 Å². The van der Waals surface area contributed by atoms with Gasteiger partial charge in [0.25, 0.3) is 0 Å². The van der Waals surface area contributed by atoms with E-state index in [9.17, 15) is 13.5 Å². The monoisotopic (exact) mass is 327 g/mol. The van der Waals surface area contributed by atoms with Crippen molar-refractivity contribution in [3.8, 4) is 5.75 Å². The molecule has 1 saturated heterocycles. The molecule has 0 aromatic heterocycles. The van der Waals surface area contributed by atoms with Crippen LogP contribution in [0.2, 0.25) is 0 Å². The first-order chi connectivity index (χ1) is 10.0. The number of ether oxygens (including phenoxy) is 1. The third-order valence-corrected chi connectivity index (χ3v) is 6.50. The average Bonchev–Trinajstić information content (AvgIpc) is 2.38. The maximum atomic E-state index is 12.1. The van der Waals surface area contributed by atoms with Crippen molar-refractivity contribution in [3.63, 3.8) is 0 Å². The van der Waals surface area contributed by atoms with Crippen LogP contribution in [0.4, 0.5) is 0 Å². The van der Waals surface area contributed by atoms with Gasteiger partial charge in [0.2, 0.25) is 0 Å². The van der Waals surface area contributed by atoms with Crippen molar-refractivity contribution in [1.29, 1.82) is 0 Å². The Morgan fingerprint density at radius 3 is 2.27 bits per heavy atom. The standard InChI is InChI=1S/C16H25NO4S/c1-15(2,18)16(3,4)21-13-7-5-12(6-8-13)14-11-17-9-10-22(14,19)20/h5-8,14,17-18H,9-11H2,1-4H3. The largest absolute Gasteiger partial charge is 0.485 e. The van der Waals surface area contributed by atoms with E-state index in [0.717, 1.165) is 5.56 Å². The van der Waals surface area contributed by atoms with Crippen molar-refractivity contribution >= 4 is 9.84 Å². The van der Waals surface area contributed by atoms with E-state index in [1.165, 1.54) is 0 Å². The summed E-state index contributed by atoms with van der Waals surface area (Å²) in [6.45, 7) is 7.98. The molecule has 0 saturated carbocycles. The lowest BCUT2D eigenvalue weighted by atomic mass is 9.89. The quantitative estimate of drug-likeness (QED) is 0.880. The molecule has 1 aromatic rings. The van der Waals surface area contributed by atoms with Crippen LogP contribution < -0.4 is 10.1 Å². The summed E-state index contributed by atoms with van der Waals surface area (Å²) in [5, 5.41) is 12.7. The molecule has 0 amide bonds. The molecule has 124 valence electrons. The molecule has 1 heterocycles. The minimum absolute atomic E-state index is 0.168. The van der Waals surface area contributed by atoms with E-state index < -0.39 is 26.3 Å². The number of aliphatic hydroxyl groups is 1. The number of benzene rings is 1. The van der Waals surface area contributed by atoms with Crippen LogP contribution in [-0.4, -0.2) is 43.6 Å². The predicted molar refractivity (Wildman–Crippen MR) is 86.8 cm³/mol. The second kappa shape index (κ2) is 5.83. The SMILES string of the molecule is CC(C)(O)C(C)(C)Oc1ccc(C2CNCCS2(=O)=O)cc1. The van der Waals surface area contributed by atoms with Crippen LogP contribution in [-0.2, 0) is 9.84 Å². The molecule has 1 atom stereocenters. The fraction of sp³-hybridized carbons (Fsp3) is 0.625. The fourth-order valence-corrected chi connectivity index (χ4v) is 3.87. The number of nitrogens with one attached hydrogen (secondary N) is 1. The van der Waals surface area contributed by atoms with Crippen molar-refractivity contribution in [2.75, 3.05) is 18.8 Å². The minimum atomic E-state index is -3.09. The van der Waals surface area contributed by atoms with Gasteiger partial charge in [0, 0.05) is 13.1 Å². The van der Waals surface area contributed by atoms with Crippen molar-refractivity contribution in [1.82, 2.24) is 5.32 Å². The Hall–Kier alpha value is -1.11. The lowest BCUT2D eigenvalue weighted by Crippen LogP contribution is -2.49. The number of rotatable bonds is 4. The smallest absolute Gasteiger partial charge is 0.159 e. The maximum Gasteiger partial charge on any atom is 0.159 e. The van der Waals surface area contributed by atoms with Crippen LogP contribution in [0.25, 0.3) is 0 Å². The van der Waals surface area contributed by atoms with E-state index in [2.05, 4.69) is 5.32 Å². The Morgan fingerprint density at radius 2 is 1.77 bits per heavy atom. The molecular formula is C16H25NO4S. The lowest BCUT2D eigenvalue weighted by molar-refractivity contribution is -0.0906. The number of hydrogen-bond donors (Lipinski definition) is 2. The Bertz CT molecular complexity index is 615. The number of sulfone groups is 1. The molecule has 2 rings (SSSR count). The summed E-state index contributed by atoms with van der Waals surface area (Å²) in [5.74, 6) is 0.777. The molecule has 1 unspecified atom stereocenters. The van der Waals surface area contributed by atoms with Gasteiger partial charge in [-0.15, -0.1) is 0 Å². The summed E-state index contributed by atoms with van der Waals surface area (Å²) in [7, 11) is -3.09. The molecule has 5 nitrogen and oxygen atoms in total. The summed E-state index contributed by atoms with van der Waals surface area (Å²) in [6.07, 6.45) is 0. The van der Waals surface area contributed by atoms with Gasteiger partial charge in [-0.3, -0.25) is 0 Å². The van der Waals surface area contributed by atoms with E-state index >= 15 is 0 Å². The van der Waals surface area contributed by atoms with Crippen LogP contribution in [0.15, 0.2) is 24.3 Å². The van der Waals surface area contributed by atoms with Gasteiger partial charge in [0.1, 0.15) is 11.4 Å². The van der Waals surface area contributed by atoms with Crippen molar-refractivity contribution in [3.05, 3.63) is 29.8 Å². The van der Waals surface area contributed by atoms with Crippen molar-refractivity contribution < 1.29 is 18.3 Å². The zero-order valence-corrected chi connectivity index (χ0v) is 14.4. The fourth-order valence-electron chi connectivity index (χ4n) is 2.21. The molecule has 1 fully saturated rings. The minimum Gasteiger partial charge on any atom is -0.485 e. The van der Waals surface area contributed by atoms with Gasteiger partial charge in [-0.05, 0) is 45.4 Å². The average molecular weight is 327 g/mol. The molecule has 6 heteroatoms. The summed E-state index contributed by atoms with van der Waals surface area (Å²) < 4.78 is 30.1. The normalized spacial score (nSPS) is 22.3. The van der Waals surface area contributed by atoms with Gasteiger partial charge in [0.05, 0.1) is 16.6 Å². The van der Waals surface area contributed by atoms with E-state index in [-0.39, 0.29) is 5.75 Å². The maximum absolute atomic E-state index is 12.1. The zero-order chi connectivity index (χ0) is 16.6. The van der Waals surface area contributed by atoms with E-state index in [1.54, 1.807) is 38.1 Å². The van der Waals surface area contributed by atoms with E-state index in [0.29, 0.717) is 18.8 Å². The van der Waals surface area contributed by atoms with Gasteiger partial charge in [-0.2, -0.15) is 0 Å². The first-order valence-corrected chi connectivity index (χ1v) is 9.18. The van der Waals surface area contributed by atoms with Crippen LogP contribution in [0.1, 0.15) is 38.5 Å². The Kier molecular flexibility index (Phi) is 4.57. The highest BCUT2D eigenvalue weighted by atomic mass is 32.2. The van der Waals surface area contributed by atoms with Gasteiger partial charge < -0.3 is 15.2 Å². The van der Waals surface area contributed by atoms with Crippen LogP contribution in [0, 0.1) is 0 Å². The lowest BCUT2D eigenvalue weighted by Gasteiger charge is -2.37. The molecule has 0 aliphatic carbocycles. The number of hydrogen-bond acceptors (Lipinski definition) is 5. The van der Waals surface area contributed by atoms with Crippen LogP contribution in [0.5, 0.6) is 5.75 Å². The second-order valence-electron chi connectivity index (χ2n) is 6.80. The third kappa shape index (κ3) is 3.62. The third-order valence-electron chi connectivity index (χ3n) is 4.42. The molecule has 2 N–H and O–H groups in total. The van der Waals surface area contributed by atoms with Crippen molar-refractivity contribution in [2.24, 2.45) is 0 Å². The molecule has 0 bridgehead atoms. The summed E-state index contributed by atoms with van der Waals surface area (Å²) >= 11 is 0. The predicted octanol–water partition coefficient (Wildman–Crippen LogP) is 1.67. The topological polar surface area (TPSA) is 75.6 Å². The zero-order valence-electron chi connectivity index (χ0n) is 13.6. The first kappa shape index (κ1) is 17.2. The van der Waals surface area contributed by atoms with Gasteiger partial charge in [-0.1, -0.05) is 12.1 Å². The van der Waals surface area contributed by atoms with Gasteiger partial charge >= 0.3 is 0 Å². The highest BCUT2D eigenvalue weighted by Crippen LogP contribution is 2.30. The van der Waals surface area contributed by atoms with Crippen molar-refractivity contribution in [2.45, 2.75) is 44.1 Å². The molecule has 1 aliphatic heterocycles. The highest BCUT2D eigenvalue weighted by Gasteiger charge is 2.37. The summed E-state index contributed by atoms with van der Waals surface area (Å²) in [5.41, 5.74) is -0.990. The van der Waals surface area contributed by atoms with Gasteiger partial charge in [0.15, 0.2) is 9.84 Å². The second-order valence-corrected chi connectivity index (χ2v) is 9.10. The molecular weight excluding hydrogens is 302 g/mol. The van der Waals surface area contributed by atoms with Crippen LogP contribution in [0.3, 0.4) is 0 Å². The molecule has 0 spiro atoms. The summed E-state index contributed by atoms with van der Waals surface area (Å²) in [4.78, 5) is 0.